The Morgan fingerprint density at radius 1 is 1.35 bits per heavy atom. The molecule has 2 N–H and O–H groups in total. The van der Waals surface area contributed by atoms with E-state index in [-0.39, 0.29) is 18.1 Å². The predicted molar refractivity (Wildman–Crippen MR) is 91.8 cm³/mol. The lowest BCUT2D eigenvalue weighted by Gasteiger charge is -2.31. The summed E-state index contributed by atoms with van der Waals surface area (Å²) in [5.74, 6) is 0.861. The van der Waals surface area contributed by atoms with E-state index in [0.717, 1.165) is 32.1 Å². The monoisotopic (exact) mass is 320 g/mol. The summed E-state index contributed by atoms with van der Waals surface area (Å²) in [6.07, 6.45) is 4.66. The van der Waals surface area contributed by atoms with E-state index >= 15 is 0 Å². The van der Waals surface area contributed by atoms with Gasteiger partial charge in [0.15, 0.2) is 0 Å². The van der Waals surface area contributed by atoms with Crippen LogP contribution < -0.4 is 10.1 Å². The molecule has 2 atom stereocenters. The normalized spacial score (nSPS) is 20.8. The number of ether oxygens (including phenoxy) is 1. The Kier molecular flexibility index (Phi) is 6.71. The molecular formula is C18H28N2O3. The van der Waals surface area contributed by atoms with E-state index in [9.17, 15) is 9.90 Å². The molecule has 1 aromatic carbocycles. The molecule has 23 heavy (non-hydrogen) atoms. The fourth-order valence-corrected chi connectivity index (χ4v) is 2.95. The highest BCUT2D eigenvalue weighted by atomic mass is 16.5. The second kappa shape index (κ2) is 8.77. The first-order valence-corrected chi connectivity index (χ1v) is 8.53. The van der Waals surface area contributed by atoms with Gasteiger partial charge in [0.25, 0.3) is 0 Å². The second-order valence-corrected chi connectivity index (χ2v) is 6.27. The molecule has 0 aromatic heterocycles. The van der Waals surface area contributed by atoms with Crippen molar-refractivity contribution >= 4 is 11.7 Å². The molecule has 0 radical (unpaired) electrons. The molecule has 1 aliphatic rings. The van der Waals surface area contributed by atoms with Crippen molar-refractivity contribution in [3.05, 3.63) is 24.3 Å². The minimum absolute atomic E-state index is 0.171. The second-order valence-electron chi connectivity index (χ2n) is 6.27. The Hall–Kier alpha value is -1.75. The third kappa shape index (κ3) is 5.13. The van der Waals surface area contributed by atoms with E-state index in [0.29, 0.717) is 24.6 Å². The standard InChI is InChI=1S/C18H28N2O3/c1-3-12-23-17-11-7-5-9-15(17)19-18(22)20(2)13-14-8-4-6-10-16(14)21/h5,7,9,11,14,16,21H,3-4,6,8,10,12-13H2,1-2H3,(H,19,22). The van der Waals surface area contributed by atoms with Crippen LogP contribution in [-0.2, 0) is 0 Å². The molecule has 0 saturated heterocycles. The number of carbonyl (C=O) groups excluding carboxylic acids is 1. The van der Waals surface area contributed by atoms with Crippen LogP contribution in [0.25, 0.3) is 0 Å². The number of hydrogen-bond donors (Lipinski definition) is 2. The number of aliphatic hydroxyl groups is 1. The summed E-state index contributed by atoms with van der Waals surface area (Å²) in [6.45, 7) is 3.24. The molecule has 2 rings (SSSR count). The van der Waals surface area contributed by atoms with Crippen molar-refractivity contribution in [1.29, 1.82) is 0 Å². The number of benzene rings is 1. The minimum atomic E-state index is -0.292. The van der Waals surface area contributed by atoms with E-state index in [4.69, 9.17) is 4.74 Å². The first-order chi connectivity index (χ1) is 11.1. The first-order valence-electron chi connectivity index (χ1n) is 8.53. The summed E-state index contributed by atoms with van der Waals surface area (Å²) in [7, 11) is 1.77. The van der Waals surface area contributed by atoms with E-state index in [1.807, 2.05) is 31.2 Å². The largest absolute Gasteiger partial charge is 0.491 e. The smallest absolute Gasteiger partial charge is 0.321 e. The van der Waals surface area contributed by atoms with E-state index in [1.54, 1.807) is 11.9 Å². The Morgan fingerprint density at radius 3 is 2.83 bits per heavy atom. The van der Waals surface area contributed by atoms with Crippen LogP contribution in [0.4, 0.5) is 10.5 Å². The SMILES string of the molecule is CCCOc1ccccc1NC(=O)N(C)CC1CCCCC1O. The average molecular weight is 320 g/mol. The number of amides is 2. The lowest BCUT2D eigenvalue weighted by molar-refractivity contribution is 0.0575. The van der Waals surface area contributed by atoms with Crippen molar-refractivity contribution < 1.29 is 14.6 Å². The van der Waals surface area contributed by atoms with Gasteiger partial charge in [-0.05, 0) is 31.4 Å². The zero-order valence-electron chi connectivity index (χ0n) is 14.1. The van der Waals surface area contributed by atoms with Gasteiger partial charge < -0.3 is 20.1 Å². The van der Waals surface area contributed by atoms with Crippen LogP contribution in [0.3, 0.4) is 0 Å². The highest BCUT2D eigenvalue weighted by molar-refractivity contribution is 5.90. The molecule has 2 unspecified atom stereocenters. The summed E-state index contributed by atoms with van der Waals surface area (Å²) >= 11 is 0. The zero-order valence-corrected chi connectivity index (χ0v) is 14.1. The third-order valence-electron chi connectivity index (χ3n) is 4.31. The molecule has 2 amide bonds. The van der Waals surface area contributed by atoms with Gasteiger partial charge in [-0.25, -0.2) is 4.79 Å². The summed E-state index contributed by atoms with van der Waals surface area (Å²) in [4.78, 5) is 14.0. The van der Waals surface area contributed by atoms with Gasteiger partial charge in [-0.3, -0.25) is 0 Å². The number of rotatable bonds is 6. The number of anilines is 1. The number of carbonyl (C=O) groups is 1. The fourth-order valence-electron chi connectivity index (χ4n) is 2.95. The Labute approximate surface area is 138 Å². The van der Waals surface area contributed by atoms with E-state index < -0.39 is 0 Å². The lowest BCUT2D eigenvalue weighted by atomic mass is 9.86. The molecule has 0 aliphatic heterocycles. The fraction of sp³-hybridized carbons (Fsp3) is 0.611. The van der Waals surface area contributed by atoms with Gasteiger partial charge in [0.05, 0.1) is 18.4 Å². The van der Waals surface area contributed by atoms with Crippen molar-refractivity contribution in [1.82, 2.24) is 4.90 Å². The quantitative estimate of drug-likeness (QED) is 0.843. The molecule has 1 saturated carbocycles. The number of hydrogen-bond acceptors (Lipinski definition) is 3. The van der Waals surface area contributed by atoms with Crippen molar-refractivity contribution in [3.63, 3.8) is 0 Å². The Morgan fingerprint density at radius 2 is 2.09 bits per heavy atom. The van der Waals surface area contributed by atoms with E-state index in [2.05, 4.69) is 5.32 Å². The maximum absolute atomic E-state index is 12.4. The zero-order chi connectivity index (χ0) is 16.7. The van der Waals surface area contributed by atoms with Crippen molar-refractivity contribution in [2.24, 2.45) is 5.92 Å². The molecule has 1 aromatic rings. The van der Waals surface area contributed by atoms with Crippen LogP contribution in [0.15, 0.2) is 24.3 Å². The summed E-state index contributed by atoms with van der Waals surface area (Å²) in [6, 6.07) is 7.29. The van der Waals surface area contributed by atoms with Crippen molar-refractivity contribution in [2.45, 2.75) is 45.1 Å². The van der Waals surface area contributed by atoms with Crippen LogP contribution in [0.2, 0.25) is 0 Å². The Bertz CT molecular complexity index is 507. The van der Waals surface area contributed by atoms with Gasteiger partial charge in [-0.15, -0.1) is 0 Å². The number of nitrogens with zero attached hydrogens (tertiary/aromatic N) is 1. The molecule has 5 nitrogen and oxygen atoms in total. The predicted octanol–water partition coefficient (Wildman–Crippen LogP) is 3.49. The molecule has 5 heteroatoms. The highest BCUT2D eigenvalue weighted by Gasteiger charge is 2.25. The molecule has 128 valence electrons. The minimum Gasteiger partial charge on any atom is -0.491 e. The van der Waals surface area contributed by atoms with Gasteiger partial charge in [-0.1, -0.05) is 31.9 Å². The van der Waals surface area contributed by atoms with Crippen LogP contribution >= 0.6 is 0 Å². The number of para-hydroxylation sites is 2. The topological polar surface area (TPSA) is 61.8 Å². The summed E-state index contributed by atoms with van der Waals surface area (Å²) in [5, 5.41) is 13.0. The first kappa shape index (κ1) is 17.6. The van der Waals surface area contributed by atoms with Gasteiger partial charge in [0.1, 0.15) is 5.75 Å². The maximum Gasteiger partial charge on any atom is 0.321 e. The number of aliphatic hydroxyl groups excluding tert-OH is 1. The van der Waals surface area contributed by atoms with Crippen molar-refractivity contribution in [2.75, 3.05) is 25.5 Å². The Balaban J connectivity index is 1.92. The molecular weight excluding hydrogens is 292 g/mol. The molecule has 1 fully saturated rings. The van der Waals surface area contributed by atoms with Crippen LogP contribution in [0.5, 0.6) is 5.75 Å². The molecule has 1 aliphatic carbocycles. The highest BCUT2D eigenvalue weighted by Crippen LogP contribution is 2.26. The lowest BCUT2D eigenvalue weighted by Crippen LogP contribution is -2.40. The van der Waals surface area contributed by atoms with Gasteiger partial charge in [0.2, 0.25) is 0 Å². The number of nitrogens with one attached hydrogen (secondary N) is 1. The third-order valence-corrected chi connectivity index (χ3v) is 4.31. The van der Waals surface area contributed by atoms with Crippen molar-refractivity contribution in [3.8, 4) is 5.75 Å². The molecule has 0 heterocycles. The molecule has 0 spiro atoms. The van der Waals surface area contributed by atoms with E-state index in [1.165, 1.54) is 0 Å². The summed E-state index contributed by atoms with van der Waals surface area (Å²) in [5.41, 5.74) is 0.682. The summed E-state index contributed by atoms with van der Waals surface area (Å²) < 4.78 is 5.66. The maximum atomic E-state index is 12.4. The number of urea groups is 1. The van der Waals surface area contributed by atoms with Gasteiger partial charge in [0, 0.05) is 19.5 Å². The van der Waals surface area contributed by atoms with Crippen LogP contribution in [0, 0.1) is 5.92 Å². The van der Waals surface area contributed by atoms with Crippen LogP contribution in [0.1, 0.15) is 39.0 Å². The average Bonchev–Trinajstić information content (AvgIpc) is 2.56. The van der Waals surface area contributed by atoms with Gasteiger partial charge in [-0.2, -0.15) is 0 Å². The van der Waals surface area contributed by atoms with Gasteiger partial charge >= 0.3 is 6.03 Å². The van der Waals surface area contributed by atoms with Crippen LogP contribution in [-0.4, -0.2) is 42.3 Å². The molecule has 0 bridgehead atoms.